The molecule has 0 fully saturated rings. The van der Waals surface area contributed by atoms with E-state index in [1.807, 2.05) is 0 Å². The minimum atomic E-state index is 1.10. The van der Waals surface area contributed by atoms with Crippen LogP contribution in [-0.4, -0.2) is 4.57 Å². The third-order valence-corrected chi connectivity index (χ3v) is 10.8. The molecule has 9 aromatic carbocycles. The third-order valence-electron chi connectivity index (χ3n) is 10.8. The molecule has 0 saturated heterocycles. The monoisotopic (exact) mass is 714 g/mol. The molecule has 10 aromatic rings. The molecule has 0 aliphatic carbocycles. The van der Waals surface area contributed by atoms with Gasteiger partial charge in [-0.25, -0.2) is 0 Å². The van der Waals surface area contributed by atoms with E-state index in [4.69, 9.17) is 0 Å². The number of benzene rings is 9. The zero-order chi connectivity index (χ0) is 37.3. The highest BCUT2D eigenvalue weighted by Gasteiger charge is 2.18. The number of hydrogen-bond acceptors (Lipinski definition) is 1. The first-order chi connectivity index (χ1) is 27.8. The summed E-state index contributed by atoms with van der Waals surface area (Å²) in [4.78, 5) is 2.34. The molecule has 0 spiro atoms. The van der Waals surface area contributed by atoms with Crippen molar-refractivity contribution in [3.8, 4) is 50.2 Å². The summed E-state index contributed by atoms with van der Waals surface area (Å²) in [6, 6.07) is 83.0. The van der Waals surface area contributed by atoms with Crippen LogP contribution in [0.5, 0.6) is 0 Å². The number of anilines is 3. The first-order valence-electron chi connectivity index (χ1n) is 19.2. The highest BCUT2D eigenvalue weighted by Crippen LogP contribution is 2.41. The Labute approximate surface area is 327 Å². The lowest BCUT2D eigenvalue weighted by atomic mass is 9.94. The summed E-state index contributed by atoms with van der Waals surface area (Å²) < 4.78 is 2.43. The average molecular weight is 715 g/mol. The summed E-state index contributed by atoms with van der Waals surface area (Å²) >= 11 is 0. The van der Waals surface area contributed by atoms with Crippen LogP contribution in [0.25, 0.3) is 72.0 Å². The van der Waals surface area contributed by atoms with E-state index in [9.17, 15) is 0 Å². The highest BCUT2D eigenvalue weighted by molar-refractivity contribution is 6.10. The van der Waals surface area contributed by atoms with Gasteiger partial charge in [-0.2, -0.15) is 0 Å². The van der Waals surface area contributed by atoms with Crippen LogP contribution < -0.4 is 4.90 Å². The molecule has 2 nitrogen and oxygen atoms in total. The van der Waals surface area contributed by atoms with Gasteiger partial charge in [0, 0.05) is 33.5 Å². The van der Waals surface area contributed by atoms with Gasteiger partial charge in [0.1, 0.15) is 0 Å². The van der Waals surface area contributed by atoms with E-state index in [0.29, 0.717) is 0 Å². The standard InChI is InChI=1S/C54H38N2/c1-5-16-39(17-6-1)40-28-31-46(32-29-40)55(45-23-11-4-12-24-45)47-25-15-22-43(36-47)44-30-34-51-50-26-13-14-27-53(50)56(54(51)37-44)48-33-35-49(41-18-7-2-8-19-41)52(38-48)42-20-9-3-10-21-42/h1-38H. The minimum absolute atomic E-state index is 1.10. The molecule has 2 heteroatoms. The molecule has 10 rings (SSSR count). The molecule has 264 valence electrons. The van der Waals surface area contributed by atoms with Crippen LogP contribution in [0.1, 0.15) is 0 Å². The number of aromatic nitrogens is 1. The van der Waals surface area contributed by atoms with Crippen molar-refractivity contribution in [3.05, 3.63) is 231 Å². The summed E-state index contributed by atoms with van der Waals surface area (Å²) in [6.45, 7) is 0. The Kier molecular flexibility index (Phi) is 8.55. The number of rotatable bonds is 8. The lowest BCUT2D eigenvalue weighted by molar-refractivity contribution is 1.18. The van der Waals surface area contributed by atoms with Crippen molar-refractivity contribution < 1.29 is 0 Å². The van der Waals surface area contributed by atoms with Crippen LogP contribution in [0.2, 0.25) is 0 Å². The van der Waals surface area contributed by atoms with Crippen LogP contribution in [0.3, 0.4) is 0 Å². The summed E-state index contributed by atoms with van der Waals surface area (Å²) in [7, 11) is 0. The van der Waals surface area contributed by atoms with Gasteiger partial charge in [-0.05, 0) is 105 Å². The Morgan fingerprint density at radius 2 is 0.768 bits per heavy atom. The predicted molar refractivity (Wildman–Crippen MR) is 237 cm³/mol. The normalized spacial score (nSPS) is 11.2. The lowest BCUT2D eigenvalue weighted by Crippen LogP contribution is -2.09. The van der Waals surface area contributed by atoms with Gasteiger partial charge in [0.2, 0.25) is 0 Å². The largest absolute Gasteiger partial charge is 0.310 e. The Morgan fingerprint density at radius 1 is 0.268 bits per heavy atom. The van der Waals surface area contributed by atoms with E-state index < -0.39 is 0 Å². The zero-order valence-electron chi connectivity index (χ0n) is 30.8. The van der Waals surface area contributed by atoms with E-state index in [1.165, 1.54) is 60.8 Å². The maximum atomic E-state index is 2.43. The first-order valence-corrected chi connectivity index (χ1v) is 19.2. The van der Waals surface area contributed by atoms with Gasteiger partial charge >= 0.3 is 0 Å². The molecule has 1 heterocycles. The average Bonchev–Trinajstić information content (AvgIpc) is 3.61. The van der Waals surface area contributed by atoms with Gasteiger partial charge in [0.25, 0.3) is 0 Å². The maximum absolute atomic E-state index is 2.43. The number of nitrogens with zero attached hydrogens (tertiary/aromatic N) is 2. The molecule has 1 aromatic heterocycles. The molecule has 56 heavy (non-hydrogen) atoms. The molecule has 0 aliphatic rings. The number of hydrogen-bond donors (Lipinski definition) is 0. The summed E-state index contributed by atoms with van der Waals surface area (Å²) in [5.41, 5.74) is 16.4. The smallest absolute Gasteiger partial charge is 0.0547 e. The van der Waals surface area contributed by atoms with E-state index in [2.05, 4.69) is 240 Å². The molecule has 0 aliphatic heterocycles. The zero-order valence-corrected chi connectivity index (χ0v) is 30.8. The molecule has 0 bridgehead atoms. The fraction of sp³-hybridized carbons (Fsp3) is 0. The topological polar surface area (TPSA) is 8.17 Å². The van der Waals surface area contributed by atoms with Crippen LogP contribution >= 0.6 is 0 Å². The Bertz CT molecular complexity index is 2930. The second kappa shape index (κ2) is 14.4. The highest BCUT2D eigenvalue weighted by atomic mass is 15.1. The quantitative estimate of drug-likeness (QED) is 0.152. The van der Waals surface area contributed by atoms with E-state index in [1.54, 1.807) is 0 Å². The van der Waals surface area contributed by atoms with Crippen molar-refractivity contribution in [2.24, 2.45) is 0 Å². The van der Waals surface area contributed by atoms with Gasteiger partial charge < -0.3 is 9.47 Å². The van der Waals surface area contributed by atoms with Crippen molar-refractivity contribution in [1.82, 2.24) is 4.57 Å². The Balaban J connectivity index is 1.10. The lowest BCUT2D eigenvalue weighted by Gasteiger charge is -2.26. The van der Waals surface area contributed by atoms with Gasteiger partial charge in [-0.1, -0.05) is 170 Å². The predicted octanol–water partition coefficient (Wildman–Crippen LogP) is 14.9. The van der Waals surface area contributed by atoms with Crippen LogP contribution in [0.4, 0.5) is 17.1 Å². The molecular weight excluding hydrogens is 677 g/mol. The second-order valence-corrected chi connectivity index (χ2v) is 14.2. The molecule has 0 atom stereocenters. The first kappa shape index (κ1) is 33.2. The molecule has 0 unspecified atom stereocenters. The third kappa shape index (κ3) is 6.14. The van der Waals surface area contributed by atoms with E-state index in [0.717, 1.165) is 28.3 Å². The van der Waals surface area contributed by atoms with Crippen molar-refractivity contribution >= 4 is 38.9 Å². The molecule has 0 amide bonds. The number of para-hydroxylation sites is 2. The molecule has 0 radical (unpaired) electrons. The minimum Gasteiger partial charge on any atom is -0.310 e. The van der Waals surface area contributed by atoms with Crippen molar-refractivity contribution in [1.29, 1.82) is 0 Å². The van der Waals surface area contributed by atoms with Crippen LogP contribution in [0, 0.1) is 0 Å². The fourth-order valence-electron chi connectivity index (χ4n) is 8.11. The van der Waals surface area contributed by atoms with Crippen molar-refractivity contribution in [3.63, 3.8) is 0 Å². The van der Waals surface area contributed by atoms with Crippen LogP contribution in [0.15, 0.2) is 231 Å². The molecule has 0 saturated carbocycles. The van der Waals surface area contributed by atoms with E-state index >= 15 is 0 Å². The van der Waals surface area contributed by atoms with Gasteiger partial charge in [-0.3, -0.25) is 0 Å². The SMILES string of the molecule is c1ccc(-c2ccc(N(c3ccccc3)c3cccc(-c4ccc5c6ccccc6n(-c6ccc(-c7ccccc7)c(-c7ccccc7)c6)c5c4)c3)cc2)cc1. The summed E-state index contributed by atoms with van der Waals surface area (Å²) in [5, 5.41) is 2.48. The summed E-state index contributed by atoms with van der Waals surface area (Å²) in [6.07, 6.45) is 0. The van der Waals surface area contributed by atoms with Gasteiger partial charge in [0.15, 0.2) is 0 Å². The van der Waals surface area contributed by atoms with Gasteiger partial charge in [0.05, 0.1) is 11.0 Å². The van der Waals surface area contributed by atoms with E-state index in [-0.39, 0.29) is 0 Å². The molecule has 0 N–H and O–H groups in total. The van der Waals surface area contributed by atoms with Crippen molar-refractivity contribution in [2.75, 3.05) is 4.90 Å². The number of fused-ring (bicyclic) bond motifs is 3. The second-order valence-electron chi connectivity index (χ2n) is 14.2. The molecular formula is C54H38N2. The maximum Gasteiger partial charge on any atom is 0.0547 e. The summed E-state index contributed by atoms with van der Waals surface area (Å²) in [5.74, 6) is 0. The fourth-order valence-corrected chi connectivity index (χ4v) is 8.11. The Hall–Kier alpha value is -7.42. The Morgan fingerprint density at radius 3 is 1.48 bits per heavy atom. The van der Waals surface area contributed by atoms with Crippen molar-refractivity contribution in [2.45, 2.75) is 0 Å². The van der Waals surface area contributed by atoms with Crippen LogP contribution in [-0.2, 0) is 0 Å². The van der Waals surface area contributed by atoms with Gasteiger partial charge in [-0.15, -0.1) is 0 Å².